The van der Waals surface area contributed by atoms with Crippen molar-refractivity contribution in [2.75, 3.05) is 12.4 Å². The number of carbonyl (C=O) groups excluding carboxylic acids is 1. The van der Waals surface area contributed by atoms with Gasteiger partial charge in [-0.2, -0.15) is 13.2 Å². The van der Waals surface area contributed by atoms with Crippen LogP contribution in [0.4, 0.5) is 28.0 Å². The summed E-state index contributed by atoms with van der Waals surface area (Å²) in [6, 6.07) is 2.11. The molecule has 0 heterocycles. The SMILES string of the molecule is COC(=O)Nc1ccc(F)c(C(F)(F)F)c1. The minimum Gasteiger partial charge on any atom is -0.453 e. The van der Waals surface area contributed by atoms with Crippen molar-refractivity contribution >= 4 is 11.8 Å². The summed E-state index contributed by atoms with van der Waals surface area (Å²) in [5.41, 5.74) is -1.64. The van der Waals surface area contributed by atoms with Gasteiger partial charge in [0.15, 0.2) is 0 Å². The molecule has 16 heavy (non-hydrogen) atoms. The Labute approximate surface area is 88.0 Å². The van der Waals surface area contributed by atoms with Crippen LogP contribution in [-0.2, 0) is 10.9 Å². The van der Waals surface area contributed by atoms with Gasteiger partial charge in [-0.1, -0.05) is 0 Å². The Morgan fingerprint density at radius 1 is 1.38 bits per heavy atom. The lowest BCUT2D eigenvalue weighted by molar-refractivity contribution is -0.139. The summed E-state index contributed by atoms with van der Waals surface area (Å²) in [5, 5.41) is 2.00. The molecular weight excluding hydrogens is 230 g/mol. The Bertz CT molecular complexity index is 403. The number of nitrogens with one attached hydrogen (secondary N) is 1. The van der Waals surface area contributed by atoms with E-state index >= 15 is 0 Å². The van der Waals surface area contributed by atoms with Crippen LogP contribution in [-0.4, -0.2) is 13.2 Å². The third-order valence-electron chi connectivity index (χ3n) is 1.70. The van der Waals surface area contributed by atoms with Crippen LogP contribution in [0, 0.1) is 5.82 Å². The van der Waals surface area contributed by atoms with Crippen molar-refractivity contribution in [2.45, 2.75) is 6.18 Å². The molecule has 1 aromatic rings. The van der Waals surface area contributed by atoms with E-state index < -0.39 is 23.7 Å². The molecule has 0 atom stereocenters. The monoisotopic (exact) mass is 237 g/mol. The van der Waals surface area contributed by atoms with Gasteiger partial charge >= 0.3 is 12.3 Å². The van der Waals surface area contributed by atoms with Crippen LogP contribution in [0.25, 0.3) is 0 Å². The number of hydrogen-bond donors (Lipinski definition) is 1. The largest absolute Gasteiger partial charge is 0.453 e. The predicted molar refractivity (Wildman–Crippen MR) is 47.4 cm³/mol. The second kappa shape index (κ2) is 4.38. The molecule has 1 aromatic carbocycles. The Balaban J connectivity index is 3.03. The molecule has 0 unspecified atom stereocenters. The summed E-state index contributed by atoms with van der Waals surface area (Å²) in [6.45, 7) is 0. The van der Waals surface area contributed by atoms with Crippen LogP contribution >= 0.6 is 0 Å². The molecule has 0 aliphatic heterocycles. The van der Waals surface area contributed by atoms with Crippen molar-refractivity contribution in [3.05, 3.63) is 29.6 Å². The first-order chi connectivity index (χ1) is 7.34. The molecule has 3 nitrogen and oxygen atoms in total. The summed E-state index contributed by atoms with van der Waals surface area (Å²) in [6.07, 6.45) is -5.74. The highest BCUT2D eigenvalue weighted by Gasteiger charge is 2.34. The minimum atomic E-state index is -4.81. The van der Waals surface area contributed by atoms with Gasteiger partial charge in [0.1, 0.15) is 5.82 Å². The Kier molecular flexibility index (Phi) is 3.36. The van der Waals surface area contributed by atoms with E-state index in [0.717, 1.165) is 13.2 Å². The second-order valence-electron chi connectivity index (χ2n) is 2.81. The first kappa shape index (κ1) is 12.3. The summed E-state index contributed by atoms with van der Waals surface area (Å²) in [7, 11) is 1.06. The molecule has 0 aliphatic rings. The highest BCUT2D eigenvalue weighted by atomic mass is 19.4. The molecule has 0 spiro atoms. The van der Waals surface area contributed by atoms with E-state index in [1.807, 2.05) is 5.32 Å². The first-order valence-electron chi connectivity index (χ1n) is 4.06. The number of hydrogen-bond acceptors (Lipinski definition) is 2. The molecule has 1 amide bonds. The van der Waals surface area contributed by atoms with Crippen molar-refractivity contribution < 1.29 is 27.1 Å². The molecule has 0 aromatic heterocycles. The van der Waals surface area contributed by atoms with Crippen LogP contribution < -0.4 is 5.32 Å². The van der Waals surface area contributed by atoms with Gasteiger partial charge in [0.05, 0.1) is 12.7 Å². The Morgan fingerprint density at radius 3 is 2.50 bits per heavy atom. The second-order valence-corrected chi connectivity index (χ2v) is 2.81. The van der Waals surface area contributed by atoms with Gasteiger partial charge in [-0.15, -0.1) is 0 Å². The zero-order valence-corrected chi connectivity index (χ0v) is 8.06. The molecule has 0 fully saturated rings. The van der Waals surface area contributed by atoms with Crippen molar-refractivity contribution in [2.24, 2.45) is 0 Å². The molecule has 0 bridgehead atoms. The van der Waals surface area contributed by atoms with Crippen LogP contribution in [0.2, 0.25) is 0 Å². The van der Waals surface area contributed by atoms with Crippen LogP contribution in [0.3, 0.4) is 0 Å². The van der Waals surface area contributed by atoms with Crippen molar-refractivity contribution in [3.8, 4) is 0 Å². The van der Waals surface area contributed by atoms with Gasteiger partial charge in [-0.05, 0) is 18.2 Å². The van der Waals surface area contributed by atoms with E-state index in [4.69, 9.17) is 0 Å². The van der Waals surface area contributed by atoms with Gasteiger partial charge in [0.25, 0.3) is 0 Å². The minimum absolute atomic E-state index is 0.194. The lowest BCUT2D eigenvalue weighted by Gasteiger charge is -2.10. The molecule has 0 saturated heterocycles. The highest BCUT2D eigenvalue weighted by molar-refractivity contribution is 5.84. The normalized spacial score (nSPS) is 11.1. The first-order valence-corrected chi connectivity index (χ1v) is 4.06. The number of rotatable bonds is 1. The van der Waals surface area contributed by atoms with E-state index in [2.05, 4.69) is 4.74 Å². The summed E-state index contributed by atoms with van der Waals surface area (Å²) < 4.78 is 53.8. The lowest BCUT2D eigenvalue weighted by atomic mass is 10.2. The topological polar surface area (TPSA) is 38.3 Å². The summed E-state index contributed by atoms with van der Waals surface area (Å²) in [5.74, 6) is -1.40. The van der Waals surface area contributed by atoms with E-state index in [1.165, 1.54) is 0 Å². The number of ether oxygens (including phenoxy) is 1. The van der Waals surface area contributed by atoms with Gasteiger partial charge in [0.2, 0.25) is 0 Å². The Morgan fingerprint density at radius 2 is 2.00 bits per heavy atom. The zero-order chi connectivity index (χ0) is 12.3. The molecular formula is C9H7F4NO2. The molecule has 7 heteroatoms. The van der Waals surface area contributed by atoms with Gasteiger partial charge in [-0.25, -0.2) is 9.18 Å². The van der Waals surface area contributed by atoms with Gasteiger partial charge in [-0.3, -0.25) is 5.32 Å². The van der Waals surface area contributed by atoms with E-state index in [9.17, 15) is 22.4 Å². The molecule has 1 rings (SSSR count). The number of carbonyl (C=O) groups is 1. The third-order valence-corrected chi connectivity index (χ3v) is 1.70. The quantitative estimate of drug-likeness (QED) is 0.762. The fourth-order valence-corrected chi connectivity index (χ4v) is 0.989. The maximum atomic E-state index is 12.8. The zero-order valence-electron chi connectivity index (χ0n) is 8.06. The predicted octanol–water partition coefficient (Wildman–Crippen LogP) is 3.02. The van der Waals surface area contributed by atoms with Crippen molar-refractivity contribution in [1.82, 2.24) is 0 Å². The third kappa shape index (κ3) is 2.85. The number of methoxy groups -OCH3 is 1. The number of anilines is 1. The summed E-state index contributed by atoms with van der Waals surface area (Å²) in [4.78, 5) is 10.7. The van der Waals surface area contributed by atoms with Crippen LogP contribution in [0.15, 0.2) is 18.2 Å². The highest BCUT2D eigenvalue weighted by Crippen LogP contribution is 2.32. The Hall–Kier alpha value is -1.79. The van der Waals surface area contributed by atoms with Crippen molar-refractivity contribution in [1.29, 1.82) is 0 Å². The average Bonchev–Trinajstić information content (AvgIpc) is 2.19. The van der Waals surface area contributed by atoms with E-state index in [1.54, 1.807) is 0 Å². The number of amides is 1. The fourth-order valence-electron chi connectivity index (χ4n) is 0.989. The average molecular weight is 237 g/mol. The molecule has 88 valence electrons. The standard InChI is InChI=1S/C9H7F4NO2/c1-16-8(15)14-5-2-3-7(10)6(4-5)9(11,12)13/h2-4H,1H3,(H,14,15). The number of halogens is 4. The molecule has 0 radical (unpaired) electrons. The van der Waals surface area contributed by atoms with Gasteiger partial charge < -0.3 is 4.74 Å². The molecule has 0 saturated carbocycles. The van der Waals surface area contributed by atoms with Crippen molar-refractivity contribution in [3.63, 3.8) is 0 Å². The molecule has 1 N–H and O–H groups in total. The smallest absolute Gasteiger partial charge is 0.419 e. The number of benzene rings is 1. The van der Waals surface area contributed by atoms with E-state index in [-0.39, 0.29) is 5.69 Å². The number of alkyl halides is 3. The van der Waals surface area contributed by atoms with Crippen LogP contribution in [0.5, 0.6) is 0 Å². The van der Waals surface area contributed by atoms with E-state index in [0.29, 0.717) is 12.1 Å². The summed E-state index contributed by atoms with van der Waals surface area (Å²) >= 11 is 0. The lowest BCUT2D eigenvalue weighted by Crippen LogP contribution is -2.13. The fraction of sp³-hybridized carbons (Fsp3) is 0.222. The van der Waals surface area contributed by atoms with Crippen LogP contribution in [0.1, 0.15) is 5.56 Å². The maximum Gasteiger partial charge on any atom is 0.419 e. The van der Waals surface area contributed by atoms with Gasteiger partial charge in [0, 0.05) is 5.69 Å². The maximum absolute atomic E-state index is 12.8. The molecule has 0 aliphatic carbocycles.